The first kappa shape index (κ1) is 22.7. The van der Waals surface area contributed by atoms with Crippen LogP contribution in [-0.2, 0) is 6.42 Å². The van der Waals surface area contributed by atoms with Crippen molar-refractivity contribution in [3.8, 4) is 11.5 Å². The minimum atomic E-state index is 0.118. The molecule has 0 spiro atoms. The van der Waals surface area contributed by atoms with Crippen LogP contribution in [0.1, 0.15) is 50.7 Å². The van der Waals surface area contributed by atoms with E-state index in [1.807, 2.05) is 18.2 Å². The smallest absolute Gasteiger partial charge is 0.123 e. The van der Waals surface area contributed by atoms with Crippen LogP contribution in [0.25, 0.3) is 0 Å². The van der Waals surface area contributed by atoms with Crippen molar-refractivity contribution in [2.75, 3.05) is 18.5 Å². The number of ether oxygens (including phenoxy) is 2. The van der Waals surface area contributed by atoms with Gasteiger partial charge in [0.05, 0.1) is 13.2 Å². The number of hydrogen-bond donors (Lipinski definition) is 1. The molecule has 0 aromatic heterocycles. The van der Waals surface area contributed by atoms with Crippen LogP contribution in [0.15, 0.2) is 78.9 Å². The van der Waals surface area contributed by atoms with Gasteiger partial charge in [-0.15, -0.1) is 0 Å². The van der Waals surface area contributed by atoms with Crippen molar-refractivity contribution in [1.29, 1.82) is 0 Å². The number of benzene rings is 3. The maximum Gasteiger partial charge on any atom is 0.123 e. The third-order valence-electron chi connectivity index (χ3n) is 5.70. The third-order valence-corrected chi connectivity index (χ3v) is 5.70. The Kier molecular flexibility index (Phi) is 8.84. The van der Waals surface area contributed by atoms with Gasteiger partial charge in [-0.05, 0) is 60.2 Å². The van der Waals surface area contributed by atoms with Crippen molar-refractivity contribution in [2.45, 2.75) is 52.1 Å². The number of anilines is 1. The van der Waals surface area contributed by atoms with Crippen molar-refractivity contribution in [3.63, 3.8) is 0 Å². The van der Waals surface area contributed by atoms with E-state index >= 15 is 0 Å². The van der Waals surface area contributed by atoms with E-state index in [-0.39, 0.29) is 6.10 Å². The number of para-hydroxylation sites is 1. The van der Waals surface area contributed by atoms with E-state index in [9.17, 15) is 0 Å². The lowest BCUT2D eigenvalue weighted by molar-refractivity contribution is 0.207. The van der Waals surface area contributed by atoms with Gasteiger partial charge in [0.25, 0.3) is 0 Å². The van der Waals surface area contributed by atoms with E-state index in [1.54, 1.807) is 0 Å². The molecule has 0 aliphatic rings. The third kappa shape index (κ3) is 7.06. The van der Waals surface area contributed by atoms with Crippen LogP contribution >= 0.6 is 0 Å². The molecule has 0 radical (unpaired) electrons. The molecule has 0 aliphatic heterocycles. The first-order valence-corrected chi connectivity index (χ1v) is 11.5. The normalized spacial score (nSPS) is 12.7. The minimum Gasteiger partial charge on any atom is -0.493 e. The summed E-state index contributed by atoms with van der Waals surface area (Å²) in [5, 5.41) is 3.51. The molecule has 1 N–H and O–H groups in total. The first-order chi connectivity index (χ1) is 15.2. The van der Waals surface area contributed by atoms with Crippen LogP contribution in [0.3, 0.4) is 0 Å². The molecule has 2 atom stereocenters. The van der Waals surface area contributed by atoms with Gasteiger partial charge in [0, 0.05) is 12.1 Å². The molecule has 0 saturated heterocycles. The summed E-state index contributed by atoms with van der Waals surface area (Å²) in [7, 11) is 0. The quantitative estimate of drug-likeness (QED) is 0.341. The van der Waals surface area contributed by atoms with Crippen molar-refractivity contribution in [2.24, 2.45) is 0 Å². The average molecular weight is 418 g/mol. The van der Waals surface area contributed by atoms with Gasteiger partial charge in [0.1, 0.15) is 17.6 Å². The molecule has 3 aromatic rings. The summed E-state index contributed by atoms with van der Waals surface area (Å²) in [6.07, 6.45) is 3.08. The van der Waals surface area contributed by atoms with Gasteiger partial charge in [-0.2, -0.15) is 0 Å². The molecule has 164 valence electrons. The van der Waals surface area contributed by atoms with Crippen LogP contribution in [0, 0.1) is 0 Å². The second-order valence-electron chi connectivity index (χ2n) is 7.98. The Bertz CT molecular complexity index is 892. The highest BCUT2D eigenvalue weighted by Gasteiger charge is 2.14. The molecule has 3 nitrogen and oxygen atoms in total. The zero-order chi connectivity index (χ0) is 21.9. The van der Waals surface area contributed by atoms with Crippen molar-refractivity contribution < 1.29 is 9.47 Å². The summed E-state index contributed by atoms with van der Waals surface area (Å²) < 4.78 is 12.3. The molecule has 0 bridgehead atoms. The van der Waals surface area contributed by atoms with E-state index < -0.39 is 0 Å². The molecule has 0 heterocycles. The number of hydrogen-bond acceptors (Lipinski definition) is 3. The van der Waals surface area contributed by atoms with Crippen LogP contribution in [0.4, 0.5) is 5.69 Å². The van der Waals surface area contributed by atoms with Crippen LogP contribution in [-0.4, -0.2) is 19.3 Å². The Morgan fingerprint density at radius 2 is 1.52 bits per heavy atom. The Hall–Kier alpha value is -2.94. The lowest BCUT2D eigenvalue weighted by Gasteiger charge is -2.22. The fraction of sp³-hybridized carbons (Fsp3) is 0.357. The number of rotatable bonds is 12. The van der Waals surface area contributed by atoms with E-state index in [1.165, 1.54) is 11.1 Å². The lowest BCUT2D eigenvalue weighted by Crippen LogP contribution is -2.26. The summed E-state index contributed by atoms with van der Waals surface area (Å²) >= 11 is 0. The molecule has 0 amide bonds. The van der Waals surface area contributed by atoms with E-state index in [4.69, 9.17) is 9.47 Å². The SMILES string of the molecule is CCC(CNc1ccc(OCCc2ccccc2)cc1)Oc1ccccc1C(C)CC. The fourth-order valence-electron chi connectivity index (χ4n) is 3.50. The second kappa shape index (κ2) is 12.0. The number of nitrogens with one attached hydrogen (secondary N) is 1. The van der Waals surface area contributed by atoms with Gasteiger partial charge in [-0.3, -0.25) is 0 Å². The summed E-state index contributed by atoms with van der Waals surface area (Å²) in [6, 6.07) is 27.0. The molecule has 2 unspecified atom stereocenters. The summed E-state index contributed by atoms with van der Waals surface area (Å²) in [5.41, 5.74) is 3.66. The highest BCUT2D eigenvalue weighted by atomic mass is 16.5. The largest absolute Gasteiger partial charge is 0.493 e. The van der Waals surface area contributed by atoms with E-state index in [2.05, 4.69) is 86.8 Å². The molecule has 3 heteroatoms. The van der Waals surface area contributed by atoms with Crippen molar-refractivity contribution in [1.82, 2.24) is 0 Å². The second-order valence-corrected chi connectivity index (χ2v) is 7.98. The highest BCUT2D eigenvalue weighted by molar-refractivity contribution is 5.46. The van der Waals surface area contributed by atoms with Crippen LogP contribution < -0.4 is 14.8 Å². The molecule has 0 aliphatic carbocycles. The fourth-order valence-corrected chi connectivity index (χ4v) is 3.50. The molecular weight excluding hydrogens is 382 g/mol. The summed E-state index contributed by atoms with van der Waals surface area (Å²) in [6.45, 7) is 8.08. The summed E-state index contributed by atoms with van der Waals surface area (Å²) in [4.78, 5) is 0. The predicted molar refractivity (Wildman–Crippen MR) is 130 cm³/mol. The Balaban J connectivity index is 1.48. The monoisotopic (exact) mass is 417 g/mol. The molecule has 3 rings (SSSR count). The van der Waals surface area contributed by atoms with Gasteiger partial charge in [0.15, 0.2) is 0 Å². The average Bonchev–Trinajstić information content (AvgIpc) is 2.83. The molecule has 3 aromatic carbocycles. The maximum absolute atomic E-state index is 6.37. The molecule has 0 saturated carbocycles. The van der Waals surface area contributed by atoms with Crippen LogP contribution in [0.5, 0.6) is 11.5 Å². The Labute approximate surface area is 187 Å². The molecular formula is C28H35NO2. The van der Waals surface area contributed by atoms with Gasteiger partial charge in [-0.1, -0.05) is 69.3 Å². The van der Waals surface area contributed by atoms with Gasteiger partial charge in [0.2, 0.25) is 0 Å². The van der Waals surface area contributed by atoms with Crippen molar-refractivity contribution in [3.05, 3.63) is 90.0 Å². The lowest BCUT2D eigenvalue weighted by atomic mass is 9.98. The topological polar surface area (TPSA) is 30.5 Å². The maximum atomic E-state index is 6.37. The Morgan fingerprint density at radius 1 is 0.806 bits per heavy atom. The highest BCUT2D eigenvalue weighted by Crippen LogP contribution is 2.29. The standard InChI is InChI=1S/C28H35NO2/c1-4-22(3)27-13-9-10-14-28(27)31-25(5-2)21-29-24-15-17-26(18-16-24)30-20-19-23-11-7-6-8-12-23/h6-18,22,25,29H,4-5,19-21H2,1-3H3. The first-order valence-electron chi connectivity index (χ1n) is 11.5. The minimum absolute atomic E-state index is 0.118. The van der Waals surface area contributed by atoms with Gasteiger partial charge in [-0.25, -0.2) is 0 Å². The van der Waals surface area contributed by atoms with Gasteiger partial charge < -0.3 is 14.8 Å². The van der Waals surface area contributed by atoms with Gasteiger partial charge >= 0.3 is 0 Å². The predicted octanol–water partition coefficient (Wildman–Crippen LogP) is 7.09. The summed E-state index contributed by atoms with van der Waals surface area (Å²) in [5.74, 6) is 2.40. The van der Waals surface area contributed by atoms with Crippen LogP contribution in [0.2, 0.25) is 0 Å². The van der Waals surface area contributed by atoms with E-state index in [0.29, 0.717) is 12.5 Å². The molecule has 0 fully saturated rings. The van der Waals surface area contributed by atoms with E-state index in [0.717, 1.165) is 43.0 Å². The Morgan fingerprint density at radius 3 is 2.23 bits per heavy atom. The zero-order valence-corrected chi connectivity index (χ0v) is 19.0. The molecule has 31 heavy (non-hydrogen) atoms. The zero-order valence-electron chi connectivity index (χ0n) is 19.0. The van der Waals surface area contributed by atoms with Crippen molar-refractivity contribution >= 4 is 5.69 Å².